The van der Waals surface area contributed by atoms with Crippen molar-refractivity contribution in [3.05, 3.63) is 46.3 Å². The van der Waals surface area contributed by atoms with Gasteiger partial charge in [0.1, 0.15) is 10.8 Å². The number of anilines is 1. The molecular formula is C17H20N2O3S2. The van der Waals surface area contributed by atoms with Crippen LogP contribution in [0.15, 0.2) is 30.3 Å². The average Bonchev–Trinajstić information content (AvgIpc) is 2.94. The van der Waals surface area contributed by atoms with Gasteiger partial charge in [0.2, 0.25) is 0 Å². The van der Waals surface area contributed by atoms with E-state index in [1.165, 1.54) is 18.4 Å². The van der Waals surface area contributed by atoms with E-state index < -0.39 is 0 Å². The van der Waals surface area contributed by atoms with Gasteiger partial charge < -0.3 is 20.1 Å². The summed E-state index contributed by atoms with van der Waals surface area (Å²) in [4.78, 5) is 12.8. The predicted molar refractivity (Wildman–Crippen MR) is 101 cm³/mol. The summed E-state index contributed by atoms with van der Waals surface area (Å²) in [5.41, 5.74) is 1.53. The molecule has 0 aliphatic rings. The van der Waals surface area contributed by atoms with E-state index in [-0.39, 0.29) is 12.0 Å². The Morgan fingerprint density at radius 2 is 2.04 bits per heavy atom. The average molecular weight is 364 g/mol. The highest BCUT2D eigenvalue weighted by Crippen LogP contribution is 2.28. The molecule has 0 fully saturated rings. The Morgan fingerprint density at radius 1 is 1.29 bits per heavy atom. The van der Waals surface area contributed by atoms with Gasteiger partial charge in [-0.15, -0.1) is 11.3 Å². The van der Waals surface area contributed by atoms with Crippen molar-refractivity contribution in [1.82, 2.24) is 5.32 Å². The van der Waals surface area contributed by atoms with E-state index in [2.05, 4.69) is 10.6 Å². The van der Waals surface area contributed by atoms with Crippen molar-refractivity contribution in [2.24, 2.45) is 0 Å². The van der Waals surface area contributed by atoms with Crippen LogP contribution in [0.25, 0.3) is 0 Å². The smallest absolute Gasteiger partial charge is 0.340 e. The van der Waals surface area contributed by atoms with Crippen LogP contribution in [-0.4, -0.2) is 25.3 Å². The van der Waals surface area contributed by atoms with Gasteiger partial charge in [0.05, 0.1) is 25.8 Å². The largest absolute Gasteiger partial charge is 0.497 e. The second kappa shape index (κ2) is 8.12. The summed E-state index contributed by atoms with van der Waals surface area (Å²) in [5.74, 6) is 0.410. The van der Waals surface area contributed by atoms with Crippen molar-refractivity contribution >= 4 is 39.6 Å². The molecule has 128 valence electrons. The number of rotatable bonds is 5. The predicted octanol–water partition coefficient (Wildman–Crippen LogP) is 3.90. The minimum atomic E-state index is -0.384. The maximum absolute atomic E-state index is 11.8. The topological polar surface area (TPSA) is 59.6 Å². The summed E-state index contributed by atoms with van der Waals surface area (Å²) >= 11 is 6.82. The van der Waals surface area contributed by atoms with Crippen LogP contribution in [0.4, 0.5) is 5.00 Å². The number of ether oxygens (including phenoxy) is 2. The van der Waals surface area contributed by atoms with Gasteiger partial charge in [-0.25, -0.2) is 4.79 Å². The van der Waals surface area contributed by atoms with E-state index in [1.54, 1.807) is 13.2 Å². The Kier molecular flexibility index (Phi) is 6.16. The highest BCUT2D eigenvalue weighted by molar-refractivity contribution is 7.80. The van der Waals surface area contributed by atoms with Gasteiger partial charge in [0.25, 0.3) is 0 Å². The van der Waals surface area contributed by atoms with Crippen LogP contribution < -0.4 is 15.4 Å². The standard InChI is InChI=1S/C17H20N2O3S2/c1-10-8-14(16(20)22-4)15(24-10)19-17(23)18-11(2)12-6-5-7-13(9-12)21-3/h5-9,11H,1-4H3,(H2,18,19,23). The third kappa shape index (κ3) is 4.46. The third-order valence-electron chi connectivity index (χ3n) is 3.43. The molecular weight excluding hydrogens is 344 g/mol. The lowest BCUT2D eigenvalue weighted by molar-refractivity contribution is 0.0602. The van der Waals surface area contributed by atoms with E-state index in [0.29, 0.717) is 15.7 Å². The summed E-state index contributed by atoms with van der Waals surface area (Å²) in [5, 5.41) is 7.41. The van der Waals surface area contributed by atoms with Gasteiger partial charge in [-0.2, -0.15) is 0 Å². The molecule has 1 aromatic carbocycles. The molecule has 2 rings (SSSR count). The van der Waals surface area contributed by atoms with E-state index >= 15 is 0 Å². The zero-order valence-corrected chi connectivity index (χ0v) is 15.6. The molecule has 1 aromatic heterocycles. The van der Waals surface area contributed by atoms with Crippen molar-refractivity contribution in [2.75, 3.05) is 19.5 Å². The Labute approximate surface area is 151 Å². The Morgan fingerprint density at radius 3 is 2.71 bits per heavy atom. The molecule has 0 aliphatic carbocycles. The lowest BCUT2D eigenvalue weighted by Gasteiger charge is -2.17. The van der Waals surface area contributed by atoms with Crippen molar-refractivity contribution in [3.63, 3.8) is 0 Å². The molecule has 0 spiro atoms. The zero-order chi connectivity index (χ0) is 17.7. The Balaban J connectivity index is 2.06. The van der Waals surface area contributed by atoms with E-state index in [9.17, 15) is 4.79 Å². The van der Waals surface area contributed by atoms with Gasteiger partial charge in [0.15, 0.2) is 5.11 Å². The van der Waals surface area contributed by atoms with Crippen molar-refractivity contribution in [1.29, 1.82) is 0 Å². The van der Waals surface area contributed by atoms with Crippen LogP contribution in [-0.2, 0) is 4.74 Å². The summed E-state index contributed by atoms with van der Waals surface area (Å²) in [7, 11) is 3.00. The highest BCUT2D eigenvalue weighted by Gasteiger charge is 2.17. The summed E-state index contributed by atoms with van der Waals surface area (Å²) in [6.07, 6.45) is 0. The van der Waals surface area contributed by atoms with Crippen molar-refractivity contribution in [3.8, 4) is 5.75 Å². The normalized spacial score (nSPS) is 11.5. The van der Waals surface area contributed by atoms with E-state index in [1.807, 2.05) is 38.1 Å². The minimum absolute atomic E-state index is 0.0114. The van der Waals surface area contributed by atoms with Crippen LogP contribution in [0.2, 0.25) is 0 Å². The number of methoxy groups -OCH3 is 2. The number of thiophene rings is 1. The first-order valence-corrected chi connectivity index (χ1v) is 8.57. The number of carbonyl (C=O) groups excluding carboxylic acids is 1. The number of hydrogen-bond acceptors (Lipinski definition) is 5. The molecule has 0 bridgehead atoms. The first kappa shape index (κ1) is 18.2. The molecule has 0 amide bonds. The Bertz CT molecular complexity index is 743. The van der Waals surface area contributed by atoms with E-state index in [0.717, 1.165) is 16.2 Å². The molecule has 2 N–H and O–H groups in total. The molecule has 0 saturated heterocycles. The minimum Gasteiger partial charge on any atom is -0.497 e. The molecule has 1 heterocycles. The summed E-state index contributed by atoms with van der Waals surface area (Å²) in [6, 6.07) is 9.55. The molecule has 0 saturated carbocycles. The van der Waals surface area contributed by atoms with Crippen LogP contribution in [0.1, 0.15) is 33.8 Å². The lowest BCUT2D eigenvalue weighted by atomic mass is 10.1. The van der Waals surface area contributed by atoms with Gasteiger partial charge in [-0.3, -0.25) is 0 Å². The second-order valence-corrected chi connectivity index (χ2v) is 6.85. The maximum atomic E-state index is 11.8. The highest BCUT2D eigenvalue weighted by atomic mass is 32.1. The van der Waals surface area contributed by atoms with Gasteiger partial charge in [-0.05, 0) is 49.8 Å². The first-order chi connectivity index (χ1) is 11.4. The SMILES string of the molecule is COC(=O)c1cc(C)sc1NC(=S)NC(C)c1cccc(OC)c1. The quantitative estimate of drug-likeness (QED) is 0.620. The maximum Gasteiger partial charge on any atom is 0.340 e. The third-order valence-corrected chi connectivity index (χ3v) is 4.61. The van der Waals surface area contributed by atoms with Crippen LogP contribution in [0.5, 0.6) is 5.75 Å². The number of aryl methyl sites for hydroxylation is 1. The molecule has 1 unspecified atom stereocenters. The molecule has 0 radical (unpaired) electrons. The summed E-state index contributed by atoms with van der Waals surface area (Å²) in [6.45, 7) is 3.93. The van der Waals surface area contributed by atoms with Gasteiger partial charge >= 0.3 is 5.97 Å². The van der Waals surface area contributed by atoms with E-state index in [4.69, 9.17) is 21.7 Å². The number of thiocarbonyl (C=S) groups is 1. The van der Waals surface area contributed by atoms with Crippen LogP contribution in [0, 0.1) is 6.92 Å². The second-order valence-electron chi connectivity index (χ2n) is 5.19. The number of carbonyl (C=O) groups is 1. The van der Waals surface area contributed by atoms with Gasteiger partial charge in [0, 0.05) is 4.88 Å². The lowest BCUT2D eigenvalue weighted by Crippen LogP contribution is -2.31. The monoisotopic (exact) mass is 364 g/mol. The number of hydrogen-bond donors (Lipinski definition) is 2. The van der Waals surface area contributed by atoms with Crippen molar-refractivity contribution in [2.45, 2.75) is 19.9 Å². The molecule has 0 aliphatic heterocycles. The zero-order valence-electron chi connectivity index (χ0n) is 14.0. The number of benzene rings is 1. The fourth-order valence-electron chi connectivity index (χ4n) is 2.20. The van der Waals surface area contributed by atoms with Crippen LogP contribution in [0.3, 0.4) is 0 Å². The molecule has 2 aromatic rings. The molecule has 5 nitrogen and oxygen atoms in total. The number of esters is 1. The fourth-order valence-corrected chi connectivity index (χ4v) is 3.45. The molecule has 1 atom stereocenters. The number of nitrogens with one attached hydrogen (secondary N) is 2. The van der Waals surface area contributed by atoms with Crippen molar-refractivity contribution < 1.29 is 14.3 Å². The summed E-state index contributed by atoms with van der Waals surface area (Å²) < 4.78 is 10.0. The fraction of sp³-hybridized carbons (Fsp3) is 0.294. The Hall–Kier alpha value is -2.12. The molecule has 24 heavy (non-hydrogen) atoms. The molecule has 7 heteroatoms. The van der Waals surface area contributed by atoms with Crippen LogP contribution >= 0.6 is 23.6 Å². The first-order valence-electron chi connectivity index (χ1n) is 7.34. The van der Waals surface area contributed by atoms with Gasteiger partial charge in [-0.1, -0.05) is 12.1 Å².